The zero-order valence-electron chi connectivity index (χ0n) is 9.41. The van der Waals surface area contributed by atoms with Gasteiger partial charge in [0.2, 0.25) is 5.95 Å². The highest BCUT2D eigenvalue weighted by atomic mass is 19.3. The van der Waals surface area contributed by atoms with E-state index in [0.29, 0.717) is 6.07 Å². The number of nitrogens with zero attached hydrogens (tertiary/aromatic N) is 2. The third-order valence-electron chi connectivity index (χ3n) is 2.05. The van der Waals surface area contributed by atoms with Gasteiger partial charge in [-0.3, -0.25) is 4.79 Å². The molecule has 0 unspecified atom stereocenters. The first-order valence-electron chi connectivity index (χ1n) is 5.02. The Labute approximate surface area is 101 Å². The van der Waals surface area contributed by atoms with Crippen LogP contribution in [-0.2, 0) is 16.0 Å². The van der Waals surface area contributed by atoms with Crippen LogP contribution in [0.1, 0.15) is 30.2 Å². The first-order chi connectivity index (χ1) is 8.49. The van der Waals surface area contributed by atoms with Crippen LogP contribution in [0.4, 0.5) is 13.2 Å². The van der Waals surface area contributed by atoms with E-state index in [9.17, 15) is 18.0 Å². The number of carbonyl (C=O) groups excluding carboxylic acids is 1. The number of pyridine rings is 1. The van der Waals surface area contributed by atoms with Crippen molar-refractivity contribution in [1.29, 1.82) is 5.26 Å². The maximum Gasteiger partial charge on any atom is 0.311 e. The van der Waals surface area contributed by atoms with E-state index in [-0.39, 0.29) is 17.9 Å². The number of ether oxygens (including phenoxy) is 1. The number of hydrogen-bond acceptors (Lipinski definition) is 4. The summed E-state index contributed by atoms with van der Waals surface area (Å²) in [6, 6.07) is 2.29. The van der Waals surface area contributed by atoms with Gasteiger partial charge in [-0.2, -0.15) is 9.65 Å². The maximum atomic E-state index is 13.2. The molecule has 0 saturated carbocycles. The summed E-state index contributed by atoms with van der Waals surface area (Å²) in [5.41, 5.74) is -1.43. The molecule has 0 aliphatic heterocycles. The SMILES string of the molecule is CCOC(=O)Cc1nc(F)c(C(F)F)cc1C#N. The summed E-state index contributed by atoms with van der Waals surface area (Å²) < 4.78 is 42.6. The molecule has 0 radical (unpaired) electrons. The number of alkyl halides is 2. The van der Waals surface area contributed by atoms with Gasteiger partial charge in [-0.15, -0.1) is 0 Å². The Morgan fingerprint density at radius 2 is 2.28 bits per heavy atom. The first kappa shape index (κ1) is 14.0. The summed E-state index contributed by atoms with van der Waals surface area (Å²) in [4.78, 5) is 14.4. The Bertz CT molecular complexity index is 498. The van der Waals surface area contributed by atoms with Crippen molar-refractivity contribution in [3.8, 4) is 6.07 Å². The number of hydrogen-bond donors (Lipinski definition) is 0. The van der Waals surface area contributed by atoms with Crippen LogP contribution in [-0.4, -0.2) is 17.6 Å². The average molecular weight is 258 g/mol. The fourth-order valence-corrected chi connectivity index (χ4v) is 1.27. The standard InChI is InChI=1S/C11H9F3N2O2/c1-2-18-9(17)4-8-6(5-15)3-7(10(12)13)11(14)16-8/h3,10H,2,4H2,1H3. The van der Waals surface area contributed by atoms with Crippen LogP contribution in [0.15, 0.2) is 6.07 Å². The highest BCUT2D eigenvalue weighted by Crippen LogP contribution is 2.23. The molecule has 0 N–H and O–H groups in total. The minimum atomic E-state index is -3.07. The van der Waals surface area contributed by atoms with E-state index in [1.165, 1.54) is 0 Å². The summed E-state index contributed by atoms with van der Waals surface area (Å²) in [5.74, 6) is -2.09. The largest absolute Gasteiger partial charge is 0.466 e. The Morgan fingerprint density at radius 3 is 2.78 bits per heavy atom. The van der Waals surface area contributed by atoms with Crippen LogP contribution < -0.4 is 0 Å². The van der Waals surface area contributed by atoms with E-state index in [2.05, 4.69) is 9.72 Å². The molecule has 1 aromatic heterocycles. The predicted molar refractivity (Wildman–Crippen MR) is 54.2 cm³/mol. The van der Waals surface area contributed by atoms with Crippen LogP contribution in [0.25, 0.3) is 0 Å². The van der Waals surface area contributed by atoms with Gasteiger partial charge in [-0.25, -0.2) is 13.8 Å². The van der Waals surface area contributed by atoms with Gasteiger partial charge in [0.05, 0.1) is 29.8 Å². The molecule has 0 atom stereocenters. The molecule has 18 heavy (non-hydrogen) atoms. The van der Waals surface area contributed by atoms with E-state index in [4.69, 9.17) is 5.26 Å². The van der Waals surface area contributed by atoms with Crippen LogP contribution in [0.5, 0.6) is 0 Å². The van der Waals surface area contributed by atoms with Gasteiger partial charge in [-0.05, 0) is 13.0 Å². The highest BCUT2D eigenvalue weighted by Gasteiger charge is 2.20. The molecule has 4 nitrogen and oxygen atoms in total. The molecule has 1 heterocycles. The second-order valence-corrected chi connectivity index (χ2v) is 3.26. The lowest BCUT2D eigenvalue weighted by Gasteiger charge is -2.07. The lowest BCUT2D eigenvalue weighted by Crippen LogP contribution is -2.12. The number of halogens is 3. The fourth-order valence-electron chi connectivity index (χ4n) is 1.27. The van der Waals surface area contributed by atoms with Gasteiger partial charge in [0.15, 0.2) is 0 Å². The second kappa shape index (κ2) is 6.00. The smallest absolute Gasteiger partial charge is 0.311 e. The van der Waals surface area contributed by atoms with Crippen molar-refractivity contribution in [1.82, 2.24) is 4.98 Å². The van der Waals surface area contributed by atoms with E-state index in [1.54, 1.807) is 13.0 Å². The number of esters is 1. The van der Waals surface area contributed by atoms with E-state index in [1.807, 2.05) is 0 Å². The first-order valence-corrected chi connectivity index (χ1v) is 5.02. The molecule has 0 aliphatic carbocycles. The lowest BCUT2D eigenvalue weighted by atomic mass is 10.1. The maximum absolute atomic E-state index is 13.2. The van der Waals surface area contributed by atoms with Crippen molar-refractivity contribution in [2.45, 2.75) is 19.8 Å². The molecule has 1 aromatic rings. The van der Waals surface area contributed by atoms with Crippen molar-refractivity contribution < 1.29 is 22.7 Å². The molecule has 0 spiro atoms. The predicted octanol–water partition coefficient (Wildman–Crippen LogP) is 2.14. The third kappa shape index (κ3) is 3.20. The monoisotopic (exact) mass is 258 g/mol. The Kier molecular flexibility index (Phi) is 4.66. The summed E-state index contributed by atoms with van der Waals surface area (Å²) >= 11 is 0. The van der Waals surface area contributed by atoms with Crippen LogP contribution in [0.2, 0.25) is 0 Å². The molecule has 0 aliphatic rings. The Morgan fingerprint density at radius 1 is 1.61 bits per heavy atom. The fraction of sp³-hybridized carbons (Fsp3) is 0.364. The van der Waals surface area contributed by atoms with Crippen molar-refractivity contribution in [3.63, 3.8) is 0 Å². The summed E-state index contributed by atoms with van der Waals surface area (Å²) in [7, 11) is 0. The van der Waals surface area contributed by atoms with Gasteiger partial charge in [0.25, 0.3) is 6.43 Å². The highest BCUT2D eigenvalue weighted by molar-refractivity contribution is 5.72. The number of nitriles is 1. The molecule has 0 bridgehead atoms. The van der Waals surface area contributed by atoms with E-state index >= 15 is 0 Å². The van der Waals surface area contributed by atoms with Crippen LogP contribution >= 0.6 is 0 Å². The van der Waals surface area contributed by atoms with Gasteiger partial charge >= 0.3 is 5.97 Å². The average Bonchev–Trinajstić information content (AvgIpc) is 2.29. The molecule has 0 fully saturated rings. The Balaban J connectivity index is 3.10. The molecule has 0 amide bonds. The summed E-state index contributed by atoms with van der Waals surface area (Å²) in [5, 5.41) is 8.75. The topological polar surface area (TPSA) is 63.0 Å². The second-order valence-electron chi connectivity index (χ2n) is 3.26. The number of rotatable bonds is 4. The van der Waals surface area contributed by atoms with Gasteiger partial charge in [0, 0.05) is 0 Å². The molecule has 1 rings (SSSR count). The summed E-state index contributed by atoms with van der Waals surface area (Å²) in [6.45, 7) is 1.70. The lowest BCUT2D eigenvalue weighted by molar-refractivity contribution is -0.142. The quantitative estimate of drug-likeness (QED) is 0.613. The minimum absolute atomic E-state index is 0.123. The van der Waals surface area contributed by atoms with Gasteiger partial charge < -0.3 is 4.74 Å². The van der Waals surface area contributed by atoms with Crippen molar-refractivity contribution >= 4 is 5.97 Å². The molecular formula is C11H9F3N2O2. The zero-order valence-corrected chi connectivity index (χ0v) is 9.41. The van der Waals surface area contributed by atoms with Crippen LogP contribution in [0.3, 0.4) is 0 Å². The summed E-state index contributed by atoms with van der Waals surface area (Å²) in [6.07, 6.45) is -3.50. The van der Waals surface area contributed by atoms with E-state index < -0.39 is 30.3 Å². The van der Waals surface area contributed by atoms with E-state index in [0.717, 1.165) is 0 Å². The Hall–Kier alpha value is -2.10. The van der Waals surface area contributed by atoms with Gasteiger partial charge in [-0.1, -0.05) is 0 Å². The normalized spacial score (nSPS) is 10.2. The van der Waals surface area contributed by atoms with Crippen molar-refractivity contribution in [2.75, 3.05) is 6.61 Å². The number of aromatic nitrogens is 1. The molecule has 7 heteroatoms. The van der Waals surface area contributed by atoms with Crippen molar-refractivity contribution in [3.05, 3.63) is 28.8 Å². The molecule has 0 saturated heterocycles. The van der Waals surface area contributed by atoms with Crippen LogP contribution in [0, 0.1) is 17.3 Å². The minimum Gasteiger partial charge on any atom is -0.466 e. The molecule has 96 valence electrons. The molecule has 0 aromatic carbocycles. The third-order valence-corrected chi connectivity index (χ3v) is 2.05. The molecular weight excluding hydrogens is 249 g/mol. The zero-order chi connectivity index (χ0) is 13.7. The number of carbonyl (C=O) groups is 1. The van der Waals surface area contributed by atoms with Crippen molar-refractivity contribution in [2.24, 2.45) is 0 Å². The van der Waals surface area contributed by atoms with Gasteiger partial charge in [0.1, 0.15) is 6.07 Å².